The highest BCUT2D eigenvalue weighted by Gasteiger charge is 2.23. The second-order valence-electron chi connectivity index (χ2n) is 5.23. The molecule has 1 unspecified atom stereocenters. The van der Waals surface area contributed by atoms with E-state index in [4.69, 9.17) is 5.11 Å². The fourth-order valence-electron chi connectivity index (χ4n) is 2.68. The molecule has 4 nitrogen and oxygen atoms in total. The lowest BCUT2D eigenvalue weighted by Crippen LogP contribution is -2.36. The molecule has 0 aromatic heterocycles. The molecule has 1 amide bonds. The van der Waals surface area contributed by atoms with Crippen LogP contribution in [0.2, 0.25) is 0 Å². The molecule has 1 N–H and O–H groups in total. The van der Waals surface area contributed by atoms with Crippen LogP contribution in [0.15, 0.2) is 0 Å². The van der Waals surface area contributed by atoms with Crippen LogP contribution in [0.3, 0.4) is 0 Å². The molecule has 0 aromatic carbocycles. The number of hydrogen-bond donors (Lipinski definition) is 1. The first-order valence-corrected chi connectivity index (χ1v) is 6.47. The average Bonchev–Trinajstić information content (AvgIpc) is 2.28. The third-order valence-corrected chi connectivity index (χ3v) is 3.58. The molecule has 1 saturated carbocycles. The summed E-state index contributed by atoms with van der Waals surface area (Å²) >= 11 is 0. The predicted molar refractivity (Wildman–Crippen MR) is 65.6 cm³/mol. The van der Waals surface area contributed by atoms with Gasteiger partial charge in [0.15, 0.2) is 0 Å². The highest BCUT2D eigenvalue weighted by Crippen LogP contribution is 2.29. The first kappa shape index (κ1) is 14.0. The van der Waals surface area contributed by atoms with Crippen molar-refractivity contribution in [2.45, 2.75) is 45.4 Å². The van der Waals surface area contributed by atoms with E-state index >= 15 is 0 Å². The smallest absolute Gasteiger partial charge is 0.323 e. The zero-order chi connectivity index (χ0) is 12.8. The van der Waals surface area contributed by atoms with E-state index in [0.717, 1.165) is 6.42 Å². The van der Waals surface area contributed by atoms with Gasteiger partial charge in [-0.3, -0.25) is 9.59 Å². The quantitative estimate of drug-likeness (QED) is 0.802. The van der Waals surface area contributed by atoms with Crippen molar-refractivity contribution in [3.63, 3.8) is 0 Å². The minimum Gasteiger partial charge on any atom is -0.480 e. The first-order valence-electron chi connectivity index (χ1n) is 6.47. The van der Waals surface area contributed by atoms with Gasteiger partial charge in [-0.1, -0.05) is 39.0 Å². The molecule has 1 rings (SSSR count). The molecule has 0 aliphatic heterocycles. The standard InChI is InChI=1S/C13H23NO3/c1-10(8-11-6-4-3-5-7-11)13(17)14(2)9-12(15)16/h10-11H,3-9H2,1-2H3,(H,15,16). The monoisotopic (exact) mass is 241 g/mol. The number of carboxylic acid groups (broad SMARTS) is 1. The summed E-state index contributed by atoms with van der Waals surface area (Å²) in [5, 5.41) is 8.64. The van der Waals surface area contributed by atoms with Gasteiger partial charge < -0.3 is 10.0 Å². The summed E-state index contributed by atoms with van der Waals surface area (Å²) < 4.78 is 0. The van der Waals surface area contributed by atoms with Crippen molar-refractivity contribution in [1.29, 1.82) is 0 Å². The minimum absolute atomic E-state index is 0.0435. The number of amides is 1. The number of carboxylic acids is 1. The second-order valence-corrected chi connectivity index (χ2v) is 5.23. The molecule has 0 bridgehead atoms. The van der Waals surface area contributed by atoms with Gasteiger partial charge in [0.25, 0.3) is 0 Å². The molecule has 1 aliphatic rings. The highest BCUT2D eigenvalue weighted by atomic mass is 16.4. The molecule has 0 saturated heterocycles. The maximum Gasteiger partial charge on any atom is 0.323 e. The van der Waals surface area contributed by atoms with Gasteiger partial charge in [-0.25, -0.2) is 0 Å². The summed E-state index contributed by atoms with van der Waals surface area (Å²) in [4.78, 5) is 23.8. The van der Waals surface area contributed by atoms with E-state index in [9.17, 15) is 9.59 Å². The lowest BCUT2D eigenvalue weighted by atomic mass is 9.83. The van der Waals surface area contributed by atoms with Crippen LogP contribution in [0, 0.1) is 11.8 Å². The van der Waals surface area contributed by atoms with Gasteiger partial charge in [0.2, 0.25) is 5.91 Å². The number of likely N-dealkylation sites (N-methyl/N-ethyl adjacent to an activating group) is 1. The molecule has 98 valence electrons. The van der Waals surface area contributed by atoms with E-state index in [-0.39, 0.29) is 18.4 Å². The van der Waals surface area contributed by atoms with E-state index < -0.39 is 5.97 Å². The maximum atomic E-state index is 11.9. The SMILES string of the molecule is CC(CC1CCCCC1)C(=O)N(C)CC(=O)O. The lowest BCUT2D eigenvalue weighted by molar-refractivity contribution is -0.145. The average molecular weight is 241 g/mol. The van der Waals surface area contributed by atoms with Gasteiger partial charge in [-0.15, -0.1) is 0 Å². The Balaban J connectivity index is 2.37. The van der Waals surface area contributed by atoms with Crippen LogP contribution in [-0.4, -0.2) is 35.5 Å². The Morgan fingerprint density at radius 3 is 2.41 bits per heavy atom. The Kier molecular flexibility index (Phi) is 5.45. The summed E-state index contributed by atoms with van der Waals surface area (Å²) in [6.45, 7) is 1.71. The topological polar surface area (TPSA) is 57.6 Å². The van der Waals surface area contributed by atoms with Crippen molar-refractivity contribution in [2.75, 3.05) is 13.6 Å². The molecule has 0 aromatic rings. The number of nitrogens with zero attached hydrogens (tertiary/aromatic N) is 1. The summed E-state index contributed by atoms with van der Waals surface area (Å²) in [6.07, 6.45) is 7.22. The van der Waals surface area contributed by atoms with Gasteiger partial charge >= 0.3 is 5.97 Å². The van der Waals surface area contributed by atoms with Crippen LogP contribution in [0.1, 0.15) is 45.4 Å². The minimum atomic E-state index is -0.953. The summed E-state index contributed by atoms with van der Waals surface area (Å²) in [7, 11) is 1.56. The number of carbonyl (C=O) groups excluding carboxylic acids is 1. The molecule has 1 fully saturated rings. The van der Waals surface area contributed by atoms with Gasteiger partial charge in [0.1, 0.15) is 6.54 Å². The number of rotatable bonds is 5. The molecular weight excluding hydrogens is 218 g/mol. The predicted octanol–water partition coefficient (Wildman–Crippen LogP) is 2.14. The lowest BCUT2D eigenvalue weighted by Gasteiger charge is -2.26. The fraction of sp³-hybridized carbons (Fsp3) is 0.846. The van der Waals surface area contributed by atoms with Crippen molar-refractivity contribution in [1.82, 2.24) is 4.90 Å². The molecule has 0 spiro atoms. The Morgan fingerprint density at radius 1 is 1.29 bits per heavy atom. The summed E-state index contributed by atoms with van der Waals surface area (Å²) in [5.74, 6) is -0.396. The first-order chi connectivity index (χ1) is 8.00. The Bertz CT molecular complexity index is 272. The van der Waals surface area contributed by atoms with E-state index in [1.165, 1.54) is 37.0 Å². The van der Waals surface area contributed by atoms with E-state index in [0.29, 0.717) is 5.92 Å². The third-order valence-electron chi connectivity index (χ3n) is 3.58. The molecule has 1 atom stereocenters. The molecule has 0 radical (unpaired) electrons. The Labute approximate surface area is 103 Å². The molecule has 4 heteroatoms. The largest absolute Gasteiger partial charge is 0.480 e. The van der Waals surface area contributed by atoms with Gasteiger partial charge in [-0.2, -0.15) is 0 Å². The maximum absolute atomic E-state index is 11.9. The van der Waals surface area contributed by atoms with Crippen molar-refractivity contribution in [3.8, 4) is 0 Å². The summed E-state index contributed by atoms with van der Waals surface area (Å²) in [6, 6.07) is 0. The zero-order valence-corrected chi connectivity index (χ0v) is 10.8. The van der Waals surface area contributed by atoms with Gasteiger partial charge in [0.05, 0.1) is 0 Å². The molecule has 17 heavy (non-hydrogen) atoms. The van der Waals surface area contributed by atoms with Crippen molar-refractivity contribution in [3.05, 3.63) is 0 Å². The van der Waals surface area contributed by atoms with Crippen molar-refractivity contribution in [2.24, 2.45) is 11.8 Å². The number of carbonyl (C=O) groups is 2. The fourth-order valence-corrected chi connectivity index (χ4v) is 2.68. The Hall–Kier alpha value is -1.06. The van der Waals surface area contributed by atoms with Crippen LogP contribution in [0.4, 0.5) is 0 Å². The Morgan fingerprint density at radius 2 is 1.88 bits per heavy atom. The van der Waals surface area contributed by atoms with E-state index in [1.807, 2.05) is 6.92 Å². The van der Waals surface area contributed by atoms with Crippen LogP contribution >= 0.6 is 0 Å². The molecule has 1 aliphatic carbocycles. The van der Waals surface area contributed by atoms with Crippen molar-refractivity contribution < 1.29 is 14.7 Å². The normalized spacial score (nSPS) is 18.7. The van der Waals surface area contributed by atoms with Crippen LogP contribution < -0.4 is 0 Å². The summed E-state index contributed by atoms with van der Waals surface area (Å²) in [5.41, 5.74) is 0. The molecular formula is C13H23NO3. The zero-order valence-electron chi connectivity index (χ0n) is 10.8. The van der Waals surface area contributed by atoms with Crippen LogP contribution in [0.25, 0.3) is 0 Å². The second kappa shape index (κ2) is 6.62. The van der Waals surface area contributed by atoms with Gasteiger partial charge in [0, 0.05) is 13.0 Å². The third kappa shape index (κ3) is 4.75. The molecule has 0 heterocycles. The van der Waals surface area contributed by atoms with Crippen molar-refractivity contribution >= 4 is 11.9 Å². The van der Waals surface area contributed by atoms with E-state index in [1.54, 1.807) is 7.05 Å². The van der Waals surface area contributed by atoms with Crippen LogP contribution in [0.5, 0.6) is 0 Å². The van der Waals surface area contributed by atoms with E-state index in [2.05, 4.69) is 0 Å². The van der Waals surface area contributed by atoms with Gasteiger partial charge in [-0.05, 0) is 12.3 Å². The number of hydrogen-bond acceptors (Lipinski definition) is 2. The number of aliphatic carboxylic acids is 1. The van der Waals surface area contributed by atoms with Crippen LogP contribution in [-0.2, 0) is 9.59 Å². The highest BCUT2D eigenvalue weighted by molar-refractivity contribution is 5.82.